The van der Waals surface area contributed by atoms with Crippen LogP contribution in [0.5, 0.6) is 0 Å². The number of likely N-dealkylation sites (tertiary alicyclic amines) is 1. The van der Waals surface area contributed by atoms with E-state index in [0.717, 1.165) is 50.2 Å². The maximum atomic E-state index is 11.4. The van der Waals surface area contributed by atoms with Crippen LogP contribution in [0.2, 0.25) is 0 Å². The number of anilines is 1. The molecule has 5 heteroatoms. The largest absolute Gasteiger partial charge is 0.478 e. The third kappa shape index (κ3) is 2.88. The van der Waals surface area contributed by atoms with Gasteiger partial charge in [-0.3, -0.25) is 4.90 Å². The first-order valence-electron chi connectivity index (χ1n) is 7.93. The molecule has 0 saturated carbocycles. The Labute approximate surface area is 125 Å². The molecule has 1 aliphatic carbocycles. The Morgan fingerprint density at radius 1 is 1.48 bits per heavy atom. The minimum atomic E-state index is -0.890. The van der Waals surface area contributed by atoms with Crippen LogP contribution < -0.4 is 5.32 Å². The van der Waals surface area contributed by atoms with Gasteiger partial charge in [-0.2, -0.15) is 0 Å². The van der Waals surface area contributed by atoms with Gasteiger partial charge in [-0.1, -0.05) is 6.92 Å². The lowest BCUT2D eigenvalue weighted by Gasteiger charge is -2.23. The SMILES string of the molecule is CCN1CCCC1CNc1nc2c(cc1C(=O)O)CCC2. The summed E-state index contributed by atoms with van der Waals surface area (Å²) < 4.78 is 0. The normalized spacial score (nSPS) is 21.5. The summed E-state index contributed by atoms with van der Waals surface area (Å²) in [6.45, 7) is 5.15. The predicted octanol–water partition coefficient (Wildman–Crippen LogP) is 2.16. The van der Waals surface area contributed by atoms with Gasteiger partial charge in [-0.25, -0.2) is 9.78 Å². The summed E-state index contributed by atoms with van der Waals surface area (Å²) in [5.41, 5.74) is 2.49. The molecule has 5 nitrogen and oxygen atoms in total. The number of carbonyl (C=O) groups is 1. The van der Waals surface area contributed by atoms with Crippen molar-refractivity contribution in [3.8, 4) is 0 Å². The molecule has 1 aromatic rings. The zero-order valence-corrected chi connectivity index (χ0v) is 12.6. The number of aryl methyl sites for hydroxylation is 2. The molecule has 1 aromatic heterocycles. The first-order valence-corrected chi connectivity index (χ1v) is 7.93. The molecule has 21 heavy (non-hydrogen) atoms. The van der Waals surface area contributed by atoms with Gasteiger partial charge in [-0.15, -0.1) is 0 Å². The van der Waals surface area contributed by atoms with Crippen LogP contribution in [-0.2, 0) is 12.8 Å². The number of nitrogens with one attached hydrogen (secondary N) is 1. The molecular formula is C16H23N3O2. The summed E-state index contributed by atoms with van der Waals surface area (Å²) in [6.07, 6.45) is 5.40. The van der Waals surface area contributed by atoms with Crippen LogP contribution in [0.3, 0.4) is 0 Å². The summed E-state index contributed by atoms with van der Waals surface area (Å²) in [7, 11) is 0. The summed E-state index contributed by atoms with van der Waals surface area (Å²) in [5, 5.41) is 12.7. The molecule has 1 saturated heterocycles. The van der Waals surface area contributed by atoms with Crippen LogP contribution in [0.4, 0.5) is 5.82 Å². The van der Waals surface area contributed by atoms with Crippen molar-refractivity contribution < 1.29 is 9.90 Å². The molecular weight excluding hydrogens is 266 g/mol. The van der Waals surface area contributed by atoms with Crippen LogP contribution in [0.1, 0.15) is 47.8 Å². The zero-order valence-electron chi connectivity index (χ0n) is 12.6. The Bertz CT molecular complexity index is 545. The van der Waals surface area contributed by atoms with Crippen molar-refractivity contribution in [1.82, 2.24) is 9.88 Å². The maximum absolute atomic E-state index is 11.4. The zero-order chi connectivity index (χ0) is 14.8. The Morgan fingerprint density at radius 2 is 2.33 bits per heavy atom. The lowest BCUT2D eigenvalue weighted by Crippen LogP contribution is -2.35. The topological polar surface area (TPSA) is 65.5 Å². The number of carboxylic acid groups (broad SMARTS) is 1. The molecule has 3 rings (SSSR count). The second kappa shape index (κ2) is 6.02. The number of hydrogen-bond donors (Lipinski definition) is 2. The van der Waals surface area contributed by atoms with E-state index in [2.05, 4.69) is 22.1 Å². The van der Waals surface area contributed by atoms with Gasteiger partial charge in [0.25, 0.3) is 0 Å². The minimum Gasteiger partial charge on any atom is -0.478 e. The monoisotopic (exact) mass is 289 g/mol. The van der Waals surface area contributed by atoms with Gasteiger partial charge < -0.3 is 10.4 Å². The fraction of sp³-hybridized carbons (Fsp3) is 0.625. The Morgan fingerprint density at radius 3 is 3.10 bits per heavy atom. The average molecular weight is 289 g/mol. The van der Waals surface area contributed by atoms with E-state index < -0.39 is 5.97 Å². The third-order valence-corrected chi connectivity index (χ3v) is 4.69. The van der Waals surface area contributed by atoms with Crippen molar-refractivity contribution in [2.75, 3.05) is 25.0 Å². The fourth-order valence-corrected chi connectivity index (χ4v) is 3.53. The van der Waals surface area contributed by atoms with Gasteiger partial charge in [0.2, 0.25) is 0 Å². The number of pyridine rings is 1. The smallest absolute Gasteiger partial charge is 0.339 e. The maximum Gasteiger partial charge on any atom is 0.339 e. The molecule has 1 atom stereocenters. The molecule has 1 aliphatic heterocycles. The highest BCUT2D eigenvalue weighted by Gasteiger charge is 2.24. The Hall–Kier alpha value is -1.62. The summed E-state index contributed by atoms with van der Waals surface area (Å²) in [4.78, 5) is 18.5. The molecule has 1 fully saturated rings. The number of nitrogens with zero attached hydrogens (tertiary/aromatic N) is 2. The number of fused-ring (bicyclic) bond motifs is 1. The van der Waals surface area contributed by atoms with Gasteiger partial charge in [0, 0.05) is 18.3 Å². The number of likely N-dealkylation sites (N-methyl/N-ethyl adjacent to an activating group) is 1. The number of aromatic nitrogens is 1. The van der Waals surface area contributed by atoms with Crippen molar-refractivity contribution in [3.05, 3.63) is 22.9 Å². The van der Waals surface area contributed by atoms with Gasteiger partial charge in [0.05, 0.1) is 0 Å². The quantitative estimate of drug-likeness (QED) is 0.869. The summed E-state index contributed by atoms with van der Waals surface area (Å²) in [5.74, 6) is -0.343. The number of rotatable bonds is 5. The van der Waals surface area contributed by atoms with Gasteiger partial charge in [-0.05, 0) is 56.8 Å². The van der Waals surface area contributed by atoms with Crippen LogP contribution in [-0.4, -0.2) is 46.6 Å². The van der Waals surface area contributed by atoms with Crippen LogP contribution >= 0.6 is 0 Å². The van der Waals surface area contributed by atoms with Crippen molar-refractivity contribution in [3.63, 3.8) is 0 Å². The van der Waals surface area contributed by atoms with Gasteiger partial charge in [0.1, 0.15) is 11.4 Å². The standard InChI is InChI=1S/C16H23N3O2/c1-2-19-8-4-6-12(19)10-17-15-13(16(20)21)9-11-5-3-7-14(11)18-15/h9,12H,2-8,10H2,1H3,(H,17,18)(H,20,21). The predicted molar refractivity (Wildman–Crippen MR) is 82.0 cm³/mol. The van der Waals surface area contributed by atoms with E-state index in [0.29, 0.717) is 17.4 Å². The molecule has 2 heterocycles. The Balaban J connectivity index is 1.76. The van der Waals surface area contributed by atoms with E-state index in [4.69, 9.17) is 0 Å². The number of hydrogen-bond acceptors (Lipinski definition) is 4. The van der Waals surface area contributed by atoms with E-state index >= 15 is 0 Å². The summed E-state index contributed by atoms with van der Waals surface area (Å²) in [6, 6.07) is 2.30. The first-order chi connectivity index (χ1) is 10.2. The molecule has 114 valence electrons. The molecule has 0 amide bonds. The van der Waals surface area contributed by atoms with Crippen LogP contribution in [0.15, 0.2) is 6.07 Å². The molecule has 0 spiro atoms. The van der Waals surface area contributed by atoms with Gasteiger partial charge >= 0.3 is 5.97 Å². The summed E-state index contributed by atoms with van der Waals surface area (Å²) >= 11 is 0. The van der Waals surface area contributed by atoms with Crippen molar-refractivity contribution >= 4 is 11.8 Å². The molecule has 0 aromatic carbocycles. The molecule has 2 aliphatic rings. The van der Waals surface area contributed by atoms with E-state index in [-0.39, 0.29) is 0 Å². The second-order valence-corrected chi connectivity index (χ2v) is 5.95. The molecule has 0 radical (unpaired) electrons. The molecule has 0 bridgehead atoms. The number of aromatic carboxylic acids is 1. The highest BCUT2D eigenvalue weighted by Crippen LogP contribution is 2.26. The Kier molecular flexibility index (Phi) is 4.10. The second-order valence-electron chi connectivity index (χ2n) is 5.95. The van der Waals surface area contributed by atoms with E-state index in [1.165, 1.54) is 12.8 Å². The van der Waals surface area contributed by atoms with Crippen molar-refractivity contribution in [2.45, 2.75) is 45.1 Å². The minimum absolute atomic E-state index is 0.316. The van der Waals surface area contributed by atoms with Crippen LogP contribution in [0.25, 0.3) is 0 Å². The van der Waals surface area contributed by atoms with E-state index in [1.807, 2.05) is 6.07 Å². The first kappa shape index (κ1) is 14.3. The highest BCUT2D eigenvalue weighted by atomic mass is 16.4. The average Bonchev–Trinajstić information content (AvgIpc) is 3.11. The molecule has 1 unspecified atom stereocenters. The highest BCUT2D eigenvalue weighted by molar-refractivity contribution is 5.93. The van der Waals surface area contributed by atoms with E-state index in [9.17, 15) is 9.90 Å². The van der Waals surface area contributed by atoms with Crippen molar-refractivity contribution in [2.24, 2.45) is 0 Å². The lowest BCUT2D eigenvalue weighted by atomic mass is 10.1. The van der Waals surface area contributed by atoms with E-state index in [1.54, 1.807) is 0 Å². The number of carboxylic acids is 1. The van der Waals surface area contributed by atoms with Crippen LogP contribution in [0, 0.1) is 0 Å². The third-order valence-electron chi connectivity index (χ3n) is 4.69. The molecule has 2 N–H and O–H groups in total. The fourth-order valence-electron chi connectivity index (χ4n) is 3.53. The van der Waals surface area contributed by atoms with Gasteiger partial charge in [0.15, 0.2) is 0 Å². The van der Waals surface area contributed by atoms with Crippen molar-refractivity contribution in [1.29, 1.82) is 0 Å². The lowest BCUT2D eigenvalue weighted by molar-refractivity contribution is 0.0697.